The van der Waals surface area contributed by atoms with E-state index in [1.54, 1.807) is 0 Å². The molecule has 1 aliphatic rings. The first-order chi connectivity index (χ1) is 10.9. The van der Waals surface area contributed by atoms with Crippen LogP contribution >= 0.6 is 12.4 Å². The molecule has 0 unspecified atom stereocenters. The van der Waals surface area contributed by atoms with Crippen LogP contribution in [0.25, 0.3) is 0 Å². The number of nitrogens with zero attached hydrogens (tertiary/aromatic N) is 3. The van der Waals surface area contributed by atoms with Crippen molar-refractivity contribution < 1.29 is 9.90 Å². The van der Waals surface area contributed by atoms with Crippen LogP contribution in [-0.4, -0.2) is 58.0 Å². The second-order valence-electron chi connectivity index (χ2n) is 7.00. The van der Waals surface area contributed by atoms with Crippen molar-refractivity contribution >= 4 is 18.3 Å². The van der Waals surface area contributed by atoms with Crippen molar-refractivity contribution in [2.45, 2.75) is 46.7 Å². The van der Waals surface area contributed by atoms with Crippen molar-refractivity contribution in [2.75, 3.05) is 26.2 Å². The van der Waals surface area contributed by atoms with Crippen LogP contribution in [0.1, 0.15) is 31.7 Å². The average molecular weight is 359 g/mol. The Morgan fingerprint density at radius 1 is 1.38 bits per heavy atom. The highest BCUT2D eigenvalue weighted by atomic mass is 35.5. The molecule has 2 rings (SSSR count). The molecule has 0 saturated carbocycles. The van der Waals surface area contributed by atoms with Crippen molar-refractivity contribution in [1.29, 1.82) is 0 Å². The van der Waals surface area contributed by atoms with Crippen LogP contribution in [0.5, 0.6) is 0 Å². The Morgan fingerprint density at radius 3 is 2.62 bits per heavy atom. The van der Waals surface area contributed by atoms with E-state index in [1.807, 2.05) is 6.92 Å². The lowest BCUT2D eigenvalue weighted by molar-refractivity contribution is -0.124. The first-order valence-corrected chi connectivity index (χ1v) is 8.54. The number of hydrogen-bond donors (Lipinski definition) is 2. The van der Waals surface area contributed by atoms with Gasteiger partial charge in [0.1, 0.15) is 6.61 Å². The quantitative estimate of drug-likeness (QED) is 0.772. The molecule has 1 aromatic heterocycles. The molecule has 1 aromatic rings. The number of halogens is 1. The third-order valence-electron chi connectivity index (χ3n) is 4.73. The molecule has 1 saturated heterocycles. The largest absolute Gasteiger partial charge is 0.387 e. The van der Waals surface area contributed by atoms with E-state index >= 15 is 0 Å². The summed E-state index contributed by atoms with van der Waals surface area (Å²) in [7, 11) is 0. The Kier molecular flexibility index (Phi) is 8.19. The lowest BCUT2D eigenvalue weighted by Gasteiger charge is -2.22. The van der Waals surface area contributed by atoms with Gasteiger partial charge in [-0.15, -0.1) is 12.4 Å². The molecular formula is C17H31ClN4O2. The lowest BCUT2D eigenvalue weighted by atomic mass is 9.91. The van der Waals surface area contributed by atoms with Crippen LogP contribution in [0.4, 0.5) is 0 Å². The van der Waals surface area contributed by atoms with E-state index in [9.17, 15) is 4.79 Å². The second-order valence-corrected chi connectivity index (χ2v) is 7.00. The van der Waals surface area contributed by atoms with E-state index in [-0.39, 0.29) is 24.4 Å². The zero-order chi connectivity index (χ0) is 17.0. The van der Waals surface area contributed by atoms with Crippen molar-refractivity contribution in [3.8, 4) is 0 Å². The molecule has 24 heavy (non-hydrogen) atoms. The lowest BCUT2D eigenvalue weighted by Crippen LogP contribution is -2.43. The van der Waals surface area contributed by atoms with E-state index in [4.69, 9.17) is 5.11 Å². The summed E-state index contributed by atoms with van der Waals surface area (Å²) in [6.07, 6.45) is 1.05. The van der Waals surface area contributed by atoms with E-state index in [1.165, 1.54) is 5.69 Å². The number of likely N-dealkylation sites (tertiary alicyclic amines) is 1. The van der Waals surface area contributed by atoms with Crippen molar-refractivity contribution in [2.24, 2.45) is 11.8 Å². The Morgan fingerprint density at radius 2 is 2.08 bits per heavy atom. The summed E-state index contributed by atoms with van der Waals surface area (Å²) >= 11 is 0. The van der Waals surface area contributed by atoms with Gasteiger partial charge in [-0.25, -0.2) is 0 Å². The third-order valence-corrected chi connectivity index (χ3v) is 4.73. The second kappa shape index (κ2) is 9.39. The van der Waals surface area contributed by atoms with E-state index in [0.29, 0.717) is 11.8 Å². The maximum atomic E-state index is 11.5. The summed E-state index contributed by atoms with van der Waals surface area (Å²) in [5.74, 6) is 0.685. The molecule has 0 bridgehead atoms. The molecule has 0 aromatic carbocycles. The fourth-order valence-corrected chi connectivity index (χ4v) is 3.52. The minimum Gasteiger partial charge on any atom is -0.387 e. The van der Waals surface area contributed by atoms with Crippen LogP contribution in [0, 0.1) is 25.7 Å². The Labute approximate surface area is 151 Å². The standard InChI is InChI=1S/C17H30N4O2.ClH/c1-12(2)15-9-20(10-16(15)18-17(23)11-22)6-5-7-21-14(4)8-13(3)19-21;/h8,12,15-16,22H,5-7,9-11H2,1-4H3,(H,18,23);1H/t15-,16+;/m1./s1. The zero-order valence-corrected chi connectivity index (χ0v) is 16.0. The Hall–Kier alpha value is -1.11. The van der Waals surface area contributed by atoms with Gasteiger partial charge in [0.2, 0.25) is 5.91 Å². The summed E-state index contributed by atoms with van der Waals surface area (Å²) in [5, 5.41) is 16.4. The van der Waals surface area contributed by atoms with Gasteiger partial charge in [0.05, 0.1) is 5.69 Å². The minimum absolute atomic E-state index is 0. The van der Waals surface area contributed by atoms with Gasteiger partial charge < -0.3 is 15.3 Å². The summed E-state index contributed by atoms with van der Waals surface area (Å²) in [4.78, 5) is 13.9. The molecule has 2 atom stereocenters. The monoisotopic (exact) mass is 358 g/mol. The maximum absolute atomic E-state index is 11.5. The van der Waals surface area contributed by atoms with Crippen LogP contribution in [-0.2, 0) is 11.3 Å². The van der Waals surface area contributed by atoms with Crippen molar-refractivity contribution in [1.82, 2.24) is 20.0 Å². The highest BCUT2D eigenvalue weighted by Gasteiger charge is 2.35. The fourth-order valence-electron chi connectivity index (χ4n) is 3.52. The zero-order valence-electron chi connectivity index (χ0n) is 15.2. The predicted octanol–water partition coefficient (Wildman–Crippen LogP) is 1.38. The highest BCUT2D eigenvalue weighted by Crippen LogP contribution is 2.24. The van der Waals surface area contributed by atoms with Gasteiger partial charge in [-0.2, -0.15) is 5.10 Å². The number of hydrogen-bond acceptors (Lipinski definition) is 4. The summed E-state index contributed by atoms with van der Waals surface area (Å²) in [6.45, 7) is 11.9. The SMILES string of the molecule is Cc1cc(C)n(CCCN2C[C@H](NC(=O)CO)[C@@H](C(C)C)C2)n1.Cl. The first-order valence-electron chi connectivity index (χ1n) is 8.54. The number of nitrogens with one attached hydrogen (secondary N) is 1. The third kappa shape index (κ3) is 5.46. The minimum atomic E-state index is -0.431. The molecular weight excluding hydrogens is 328 g/mol. The summed E-state index contributed by atoms with van der Waals surface area (Å²) < 4.78 is 2.07. The van der Waals surface area contributed by atoms with Crippen molar-refractivity contribution in [3.63, 3.8) is 0 Å². The molecule has 1 amide bonds. The van der Waals surface area contributed by atoms with Gasteiger partial charge in [-0.05, 0) is 44.7 Å². The van der Waals surface area contributed by atoms with Crippen molar-refractivity contribution in [3.05, 3.63) is 17.5 Å². The smallest absolute Gasteiger partial charge is 0.245 e. The van der Waals surface area contributed by atoms with E-state index < -0.39 is 6.61 Å². The molecule has 1 fully saturated rings. The van der Waals surface area contributed by atoms with Gasteiger partial charge in [0.25, 0.3) is 0 Å². The fraction of sp³-hybridized carbons (Fsp3) is 0.765. The number of aromatic nitrogens is 2. The van der Waals surface area contributed by atoms with Gasteiger partial charge in [0, 0.05) is 31.4 Å². The molecule has 0 radical (unpaired) electrons. The Bertz CT molecular complexity index is 533. The average Bonchev–Trinajstić information content (AvgIpc) is 3.02. The summed E-state index contributed by atoms with van der Waals surface area (Å²) in [5.41, 5.74) is 2.27. The predicted molar refractivity (Wildman–Crippen MR) is 97.4 cm³/mol. The van der Waals surface area contributed by atoms with Gasteiger partial charge in [0.15, 0.2) is 0 Å². The maximum Gasteiger partial charge on any atom is 0.245 e. The molecule has 2 N–H and O–H groups in total. The van der Waals surface area contributed by atoms with Crippen LogP contribution < -0.4 is 5.32 Å². The molecule has 6 nitrogen and oxygen atoms in total. The molecule has 1 aliphatic heterocycles. The van der Waals surface area contributed by atoms with Gasteiger partial charge in [-0.3, -0.25) is 9.48 Å². The van der Waals surface area contributed by atoms with Gasteiger partial charge in [-0.1, -0.05) is 13.8 Å². The molecule has 0 spiro atoms. The molecule has 7 heteroatoms. The van der Waals surface area contributed by atoms with Gasteiger partial charge >= 0.3 is 0 Å². The Balaban J connectivity index is 0.00000288. The number of aryl methyl sites for hydroxylation is 3. The van der Waals surface area contributed by atoms with Crippen LogP contribution in [0.3, 0.4) is 0 Å². The topological polar surface area (TPSA) is 70.4 Å². The van der Waals surface area contributed by atoms with E-state index in [2.05, 4.69) is 46.8 Å². The molecule has 138 valence electrons. The number of carbonyl (C=O) groups is 1. The van der Waals surface area contributed by atoms with Crippen LogP contribution in [0.15, 0.2) is 6.07 Å². The number of carbonyl (C=O) groups excluding carboxylic acids is 1. The number of aliphatic hydroxyl groups is 1. The number of aliphatic hydroxyl groups excluding tert-OH is 1. The molecule has 2 heterocycles. The first kappa shape index (κ1) is 20.9. The number of rotatable bonds is 7. The number of amides is 1. The molecule has 0 aliphatic carbocycles. The summed E-state index contributed by atoms with van der Waals surface area (Å²) in [6, 6.07) is 2.24. The highest BCUT2D eigenvalue weighted by molar-refractivity contribution is 5.85. The van der Waals surface area contributed by atoms with Crippen LogP contribution in [0.2, 0.25) is 0 Å². The van der Waals surface area contributed by atoms with E-state index in [0.717, 1.165) is 38.3 Å². The normalized spacial score (nSPS) is 21.1.